The summed E-state index contributed by atoms with van der Waals surface area (Å²) in [6, 6.07) is 4.41. The first-order chi connectivity index (χ1) is 9.72. The Bertz CT molecular complexity index is 413. The van der Waals surface area contributed by atoms with Crippen molar-refractivity contribution in [2.24, 2.45) is 5.92 Å². The van der Waals surface area contributed by atoms with E-state index in [2.05, 4.69) is 5.32 Å². The maximum Gasteiger partial charge on any atom is 0.163 e. The molecule has 1 aromatic carbocycles. The maximum atomic E-state index is 13.9. The van der Waals surface area contributed by atoms with Crippen LogP contribution in [0.4, 0.5) is 8.78 Å². The van der Waals surface area contributed by atoms with Crippen molar-refractivity contribution >= 4 is 0 Å². The molecule has 3 heteroatoms. The van der Waals surface area contributed by atoms with Gasteiger partial charge in [-0.15, -0.1) is 0 Å². The number of benzene rings is 1. The van der Waals surface area contributed by atoms with Crippen molar-refractivity contribution in [3.8, 4) is 0 Å². The number of halogens is 2. The summed E-state index contributed by atoms with van der Waals surface area (Å²) >= 11 is 0. The molecule has 0 aromatic heterocycles. The van der Waals surface area contributed by atoms with Gasteiger partial charge in [0.15, 0.2) is 11.6 Å². The van der Waals surface area contributed by atoms with Crippen molar-refractivity contribution in [3.05, 3.63) is 35.4 Å². The van der Waals surface area contributed by atoms with E-state index in [0.29, 0.717) is 5.56 Å². The lowest BCUT2D eigenvalue weighted by atomic mass is 9.84. The van der Waals surface area contributed by atoms with Crippen molar-refractivity contribution < 1.29 is 8.78 Å². The highest BCUT2D eigenvalue weighted by Gasteiger charge is 2.20. The van der Waals surface area contributed by atoms with Gasteiger partial charge in [0.25, 0.3) is 0 Å². The minimum absolute atomic E-state index is 0.0716. The predicted octanol–water partition coefficient (Wildman–Crippen LogP) is 4.98. The van der Waals surface area contributed by atoms with Crippen LogP contribution >= 0.6 is 0 Å². The molecule has 20 heavy (non-hydrogen) atoms. The second-order valence-electron chi connectivity index (χ2n) is 5.83. The molecular formula is C17H25F2N. The molecule has 1 aromatic rings. The predicted molar refractivity (Wildman–Crippen MR) is 78.6 cm³/mol. The fourth-order valence-corrected chi connectivity index (χ4v) is 3.28. The number of hydrogen-bond acceptors (Lipinski definition) is 1. The second-order valence-corrected chi connectivity index (χ2v) is 5.83. The van der Waals surface area contributed by atoms with Gasteiger partial charge in [-0.3, -0.25) is 0 Å². The van der Waals surface area contributed by atoms with E-state index in [9.17, 15) is 8.78 Å². The van der Waals surface area contributed by atoms with E-state index in [1.165, 1.54) is 38.2 Å². The molecular weight excluding hydrogens is 256 g/mol. The van der Waals surface area contributed by atoms with E-state index in [1.54, 1.807) is 12.1 Å². The molecule has 1 aliphatic rings. The second kappa shape index (κ2) is 7.72. The third-order valence-corrected chi connectivity index (χ3v) is 4.40. The Morgan fingerprint density at radius 2 is 1.95 bits per heavy atom. The van der Waals surface area contributed by atoms with Crippen LogP contribution in [0.3, 0.4) is 0 Å². The fraction of sp³-hybridized carbons (Fsp3) is 0.647. The van der Waals surface area contributed by atoms with Gasteiger partial charge in [0.2, 0.25) is 0 Å². The summed E-state index contributed by atoms with van der Waals surface area (Å²) in [5, 5.41) is 3.30. The highest BCUT2D eigenvalue weighted by molar-refractivity contribution is 5.22. The normalized spacial score (nSPS) is 18.1. The zero-order valence-corrected chi connectivity index (χ0v) is 12.3. The van der Waals surface area contributed by atoms with Crippen LogP contribution in [0.25, 0.3) is 0 Å². The minimum atomic E-state index is -0.747. The van der Waals surface area contributed by atoms with Crippen LogP contribution in [0.2, 0.25) is 0 Å². The minimum Gasteiger partial charge on any atom is -0.310 e. The van der Waals surface area contributed by atoms with E-state index >= 15 is 0 Å². The summed E-state index contributed by atoms with van der Waals surface area (Å²) in [5.41, 5.74) is 0.475. The van der Waals surface area contributed by atoms with Crippen LogP contribution in [0, 0.1) is 17.6 Å². The molecule has 1 fully saturated rings. The maximum absolute atomic E-state index is 13.9. The van der Waals surface area contributed by atoms with Crippen LogP contribution in [-0.2, 0) is 0 Å². The molecule has 2 rings (SSSR count). The third kappa shape index (κ3) is 4.02. The Morgan fingerprint density at radius 3 is 2.65 bits per heavy atom. The summed E-state index contributed by atoms with van der Waals surface area (Å²) < 4.78 is 27.3. The van der Waals surface area contributed by atoms with Gasteiger partial charge in [0.05, 0.1) is 0 Å². The molecule has 0 radical (unpaired) electrons. The molecule has 0 spiro atoms. The highest BCUT2D eigenvalue weighted by atomic mass is 19.2. The summed E-state index contributed by atoms with van der Waals surface area (Å²) in [5.74, 6) is -0.674. The standard InChI is InChI=1S/C17H25F2N/c1-2-20-16(12-11-13-7-4-3-5-8-13)14-9-6-10-15(18)17(14)19/h6,9-10,13,16,20H,2-5,7-8,11-12H2,1H3. The molecule has 1 N–H and O–H groups in total. The molecule has 1 saturated carbocycles. The molecule has 0 heterocycles. The summed E-state index contributed by atoms with van der Waals surface area (Å²) in [4.78, 5) is 0. The van der Waals surface area contributed by atoms with E-state index in [1.807, 2.05) is 6.92 Å². The zero-order valence-electron chi connectivity index (χ0n) is 12.3. The third-order valence-electron chi connectivity index (χ3n) is 4.40. The summed E-state index contributed by atoms with van der Waals surface area (Å²) in [7, 11) is 0. The molecule has 0 bridgehead atoms. The topological polar surface area (TPSA) is 12.0 Å². The molecule has 1 aliphatic carbocycles. The first-order valence-electron chi connectivity index (χ1n) is 7.89. The van der Waals surface area contributed by atoms with Gasteiger partial charge in [-0.1, -0.05) is 51.2 Å². The highest BCUT2D eigenvalue weighted by Crippen LogP contribution is 2.31. The van der Waals surface area contributed by atoms with E-state index in [4.69, 9.17) is 0 Å². The van der Waals surface area contributed by atoms with Gasteiger partial charge >= 0.3 is 0 Å². The monoisotopic (exact) mass is 281 g/mol. The van der Waals surface area contributed by atoms with Crippen LogP contribution in [0.15, 0.2) is 18.2 Å². The lowest BCUT2D eigenvalue weighted by Gasteiger charge is -2.25. The van der Waals surface area contributed by atoms with Crippen LogP contribution < -0.4 is 5.32 Å². The van der Waals surface area contributed by atoms with Gasteiger partial charge in [0.1, 0.15) is 0 Å². The molecule has 0 aliphatic heterocycles. The largest absolute Gasteiger partial charge is 0.310 e. The number of nitrogens with one attached hydrogen (secondary N) is 1. The average Bonchev–Trinajstić information content (AvgIpc) is 2.48. The van der Waals surface area contributed by atoms with Crippen LogP contribution in [-0.4, -0.2) is 6.54 Å². The van der Waals surface area contributed by atoms with E-state index < -0.39 is 11.6 Å². The first kappa shape index (κ1) is 15.4. The van der Waals surface area contributed by atoms with Crippen LogP contribution in [0.1, 0.15) is 63.5 Å². The molecule has 1 unspecified atom stereocenters. The quantitative estimate of drug-likeness (QED) is 0.775. The number of hydrogen-bond donors (Lipinski definition) is 1. The lowest BCUT2D eigenvalue weighted by molar-refractivity contribution is 0.312. The van der Waals surface area contributed by atoms with Crippen molar-refractivity contribution in [2.75, 3.05) is 6.54 Å². The van der Waals surface area contributed by atoms with Crippen molar-refractivity contribution in [1.82, 2.24) is 5.32 Å². The average molecular weight is 281 g/mol. The fourth-order valence-electron chi connectivity index (χ4n) is 3.28. The summed E-state index contributed by atoms with van der Waals surface area (Å²) in [6.07, 6.45) is 8.59. The molecule has 1 atom stereocenters. The van der Waals surface area contributed by atoms with Crippen LogP contribution in [0.5, 0.6) is 0 Å². The lowest BCUT2D eigenvalue weighted by Crippen LogP contribution is -2.23. The molecule has 0 amide bonds. The first-order valence-corrected chi connectivity index (χ1v) is 7.89. The van der Waals surface area contributed by atoms with Gasteiger partial charge in [-0.2, -0.15) is 0 Å². The van der Waals surface area contributed by atoms with Gasteiger partial charge in [-0.05, 0) is 31.4 Å². The smallest absolute Gasteiger partial charge is 0.163 e. The Labute approximate surface area is 120 Å². The Morgan fingerprint density at radius 1 is 1.20 bits per heavy atom. The van der Waals surface area contributed by atoms with Gasteiger partial charge < -0.3 is 5.32 Å². The van der Waals surface area contributed by atoms with E-state index in [0.717, 1.165) is 25.3 Å². The Kier molecular flexibility index (Phi) is 5.96. The Balaban J connectivity index is 2.00. The molecule has 112 valence electrons. The van der Waals surface area contributed by atoms with Crippen molar-refractivity contribution in [3.63, 3.8) is 0 Å². The molecule has 0 saturated heterocycles. The van der Waals surface area contributed by atoms with Gasteiger partial charge in [0, 0.05) is 11.6 Å². The molecule has 1 nitrogen and oxygen atoms in total. The summed E-state index contributed by atoms with van der Waals surface area (Å²) in [6.45, 7) is 2.77. The van der Waals surface area contributed by atoms with Gasteiger partial charge in [-0.25, -0.2) is 8.78 Å². The number of rotatable bonds is 6. The SMILES string of the molecule is CCNC(CCC1CCCCC1)c1cccc(F)c1F. The van der Waals surface area contributed by atoms with Crippen molar-refractivity contribution in [2.45, 2.75) is 57.9 Å². The zero-order chi connectivity index (χ0) is 14.4. The van der Waals surface area contributed by atoms with E-state index in [-0.39, 0.29) is 6.04 Å². The van der Waals surface area contributed by atoms with Crippen molar-refractivity contribution in [1.29, 1.82) is 0 Å². The Hall–Kier alpha value is -0.960.